The van der Waals surface area contributed by atoms with Crippen LogP contribution >= 0.6 is 7.37 Å². The van der Waals surface area contributed by atoms with E-state index in [0.29, 0.717) is 18.3 Å². The van der Waals surface area contributed by atoms with Crippen molar-refractivity contribution in [3.05, 3.63) is 64.8 Å². The van der Waals surface area contributed by atoms with Crippen molar-refractivity contribution in [1.29, 1.82) is 0 Å². The first kappa shape index (κ1) is 23.6. The average molecular weight is 493 g/mol. The molecule has 1 heterocycles. The Kier molecular flexibility index (Phi) is 5.49. The van der Waals surface area contributed by atoms with E-state index >= 15 is 0 Å². The molecular weight excluding hydrogens is 455 g/mol. The highest BCUT2D eigenvalue weighted by Crippen LogP contribution is 2.70. The van der Waals surface area contributed by atoms with Crippen LogP contribution in [0, 0.1) is 17.3 Å². The second kappa shape index (κ2) is 8.13. The van der Waals surface area contributed by atoms with Crippen molar-refractivity contribution in [3.63, 3.8) is 0 Å². The van der Waals surface area contributed by atoms with Crippen LogP contribution in [0.4, 0.5) is 0 Å². The predicted molar refractivity (Wildman–Crippen MR) is 139 cm³/mol. The largest absolute Gasteiger partial charge is 0.370 e. The van der Waals surface area contributed by atoms with Crippen molar-refractivity contribution < 1.29 is 18.6 Å². The van der Waals surface area contributed by atoms with Gasteiger partial charge < -0.3 is 9.26 Å². The minimum atomic E-state index is -2.80. The molecule has 1 saturated heterocycles. The monoisotopic (exact) mass is 492 g/mol. The van der Waals surface area contributed by atoms with Gasteiger partial charge in [-0.2, -0.15) is 0 Å². The highest BCUT2D eigenvalue weighted by molar-refractivity contribution is 7.66. The minimum Gasteiger partial charge on any atom is -0.370 e. The van der Waals surface area contributed by atoms with Gasteiger partial charge in [0.2, 0.25) is 7.37 Å². The van der Waals surface area contributed by atoms with E-state index in [-0.39, 0.29) is 22.7 Å². The van der Waals surface area contributed by atoms with Crippen LogP contribution in [0.3, 0.4) is 0 Å². The first-order valence-electron chi connectivity index (χ1n) is 13.2. The number of carbonyl (C=O) groups excluding carboxylic acids is 1. The Morgan fingerprint density at radius 1 is 1.11 bits per heavy atom. The molecule has 3 fully saturated rings. The summed E-state index contributed by atoms with van der Waals surface area (Å²) in [6, 6.07) is 8.32. The SMILES string of the molecule is C=C1CCO[C@]12CC[C@H]1C3CCC4=CC(=O)CCC4=C3[C@@H](c3ccc(P(C)(=O)OC)cc3)C[C@@]12C. The zero-order chi connectivity index (χ0) is 24.6. The Bertz CT molecular complexity index is 1210. The molecule has 0 radical (unpaired) electrons. The predicted octanol–water partition coefficient (Wildman–Crippen LogP) is 6.48. The molecule has 4 aliphatic carbocycles. The lowest BCUT2D eigenvalue weighted by Gasteiger charge is -2.55. The molecule has 2 saturated carbocycles. The molecule has 6 atom stereocenters. The molecule has 1 aromatic rings. The van der Waals surface area contributed by atoms with Gasteiger partial charge in [0.25, 0.3) is 0 Å². The summed E-state index contributed by atoms with van der Waals surface area (Å²) in [7, 11) is -1.28. The number of ether oxygens (including phenoxy) is 1. The standard InChI is InChI=1S/C30H37O4P/c1-19-14-16-34-30(19)15-13-27-25-11-7-21-17-22(31)8-12-24(21)28(25)26(18-29(27,30)2)20-5-9-23(10-6-20)35(4,32)33-3/h5-6,9-10,17,25-27H,1,7-8,11-16,18H2,2-4H3/t25?,26-,27+,29+,30-,35?/m1/s1. The van der Waals surface area contributed by atoms with Gasteiger partial charge >= 0.3 is 0 Å². The van der Waals surface area contributed by atoms with Crippen molar-refractivity contribution in [3.8, 4) is 0 Å². The third kappa shape index (κ3) is 3.32. The molecule has 0 amide bonds. The maximum Gasteiger partial charge on any atom is 0.228 e. The maximum absolute atomic E-state index is 12.8. The fraction of sp³-hybridized carbons (Fsp3) is 0.567. The number of hydrogen-bond acceptors (Lipinski definition) is 4. The van der Waals surface area contributed by atoms with Crippen molar-refractivity contribution in [2.75, 3.05) is 20.4 Å². The number of allylic oxidation sites excluding steroid dienone is 4. The summed E-state index contributed by atoms with van der Waals surface area (Å²) in [6.07, 6.45) is 9.81. The van der Waals surface area contributed by atoms with E-state index in [1.165, 1.54) is 35.8 Å². The number of carbonyl (C=O) groups is 1. The van der Waals surface area contributed by atoms with E-state index < -0.39 is 7.37 Å². The lowest BCUT2D eigenvalue weighted by molar-refractivity contribution is -0.114. The summed E-state index contributed by atoms with van der Waals surface area (Å²) in [6.45, 7) is 9.46. The molecule has 1 aliphatic heterocycles. The lowest BCUT2D eigenvalue weighted by Crippen LogP contribution is -2.52. The molecule has 1 spiro atoms. The number of fused-ring (bicyclic) bond motifs is 5. The zero-order valence-corrected chi connectivity index (χ0v) is 22.2. The fourth-order valence-corrected chi connectivity index (χ4v) is 9.40. The quantitative estimate of drug-likeness (QED) is 0.358. The van der Waals surface area contributed by atoms with Gasteiger partial charge in [-0.1, -0.05) is 31.2 Å². The first-order chi connectivity index (χ1) is 16.7. The second-order valence-electron chi connectivity index (χ2n) is 11.7. The van der Waals surface area contributed by atoms with Gasteiger partial charge in [-0.05, 0) is 97.3 Å². The summed E-state index contributed by atoms with van der Waals surface area (Å²) in [5.74, 6) is 1.65. The Morgan fingerprint density at radius 3 is 2.57 bits per heavy atom. The van der Waals surface area contributed by atoms with Crippen LogP contribution in [0.25, 0.3) is 0 Å². The van der Waals surface area contributed by atoms with Gasteiger partial charge in [0.1, 0.15) is 0 Å². The van der Waals surface area contributed by atoms with E-state index in [1.54, 1.807) is 12.2 Å². The van der Waals surface area contributed by atoms with E-state index in [4.69, 9.17) is 9.26 Å². The second-order valence-corrected chi connectivity index (χ2v) is 14.3. The first-order valence-corrected chi connectivity index (χ1v) is 15.3. The zero-order valence-electron chi connectivity index (χ0n) is 21.3. The molecule has 0 N–H and O–H groups in total. The normalized spacial score (nSPS) is 38.1. The summed E-state index contributed by atoms with van der Waals surface area (Å²) >= 11 is 0. The van der Waals surface area contributed by atoms with Crippen LogP contribution in [-0.4, -0.2) is 31.8 Å². The topological polar surface area (TPSA) is 52.6 Å². The highest BCUT2D eigenvalue weighted by atomic mass is 31.2. The van der Waals surface area contributed by atoms with Gasteiger partial charge in [0.05, 0.1) is 12.2 Å². The third-order valence-electron chi connectivity index (χ3n) is 10.3. The molecule has 6 rings (SSSR count). The molecule has 5 aliphatic rings. The Hall–Kier alpha value is -1.74. The van der Waals surface area contributed by atoms with E-state index in [1.807, 2.05) is 18.2 Å². The van der Waals surface area contributed by atoms with Gasteiger partial charge in [-0.15, -0.1) is 0 Å². The summed E-state index contributed by atoms with van der Waals surface area (Å²) in [5, 5.41) is 0.759. The van der Waals surface area contributed by atoms with Crippen LogP contribution in [0.15, 0.2) is 59.2 Å². The number of ketones is 1. The fourth-order valence-electron chi connectivity index (χ4n) is 8.50. The van der Waals surface area contributed by atoms with Crippen LogP contribution in [-0.2, 0) is 18.6 Å². The lowest BCUT2D eigenvalue weighted by atomic mass is 9.50. The molecule has 0 aromatic heterocycles. The Morgan fingerprint density at radius 2 is 1.89 bits per heavy atom. The summed E-state index contributed by atoms with van der Waals surface area (Å²) < 4.78 is 24.8. The highest BCUT2D eigenvalue weighted by Gasteiger charge is 2.65. The van der Waals surface area contributed by atoms with Gasteiger partial charge in [-0.25, -0.2) is 0 Å². The molecule has 5 heteroatoms. The van der Waals surface area contributed by atoms with Crippen LogP contribution < -0.4 is 5.30 Å². The smallest absolute Gasteiger partial charge is 0.228 e. The van der Waals surface area contributed by atoms with Gasteiger partial charge in [0.15, 0.2) is 5.78 Å². The molecule has 1 aromatic carbocycles. The summed E-state index contributed by atoms with van der Waals surface area (Å²) in [5.41, 5.74) is 6.72. The van der Waals surface area contributed by atoms with Crippen molar-refractivity contribution in [1.82, 2.24) is 0 Å². The molecular formula is C30H37O4P. The number of benzene rings is 1. The average Bonchev–Trinajstić information content (AvgIpc) is 3.38. The third-order valence-corrected chi connectivity index (χ3v) is 12.2. The molecule has 35 heavy (non-hydrogen) atoms. The molecule has 186 valence electrons. The van der Waals surface area contributed by atoms with E-state index in [2.05, 4.69) is 25.6 Å². The molecule has 4 nitrogen and oxygen atoms in total. The Labute approximate surface area is 209 Å². The molecule has 2 unspecified atom stereocenters. The minimum absolute atomic E-state index is 0.0386. The number of rotatable bonds is 3. The van der Waals surface area contributed by atoms with Crippen molar-refractivity contribution >= 4 is 18.5 Å². The number of hydrogen-bond donors (Lipinski definition) is 0. The van der Waals surface area contributed by atoms with Gasteiger partial charge in [0, 0.05) is 36.8 Å². The Balaban J connectivity index is 1.50. The van der Waals surface area contributed by atoms with Crippen LogP contribution in [0.2, 0.25) is 0 Å². The van der Waals surface area contributed by atoms with Crippen molar-refractivity contribution in [2.45, 2.75) is 69.8 Å². The maximum atomic E-state index is 12.8. The summed E-state index contributed by atoms with van der Waals surface area (Å²) in [4.78, 5) is 12.3. The van der Waals surface area contributed by atoms with Crippen molar-refractivity contribution in [2.24, 2.45) is 17.3 Å². The van der Waals surface area contributed by atoms with E-state index in [0.717, 1.165) is 50.4 Å². The van der Waals surface area contributed by atoms with Crippen LogP contribution in [0.1, 0.15) is 69.8 Å². The molecule has 0 bridgehead atoms. The van der Waals surface area contributed by atoms with Crippen LogP contribution in [0.5, 0.6) is 0 Å². The van der Waals surface area contributed by atoms with E-state index in [9.17, 15) is 9.36 Å². The van der Waals surface area contributed by atoms with Gasteiger partial charge in [-0.3, -0.25) is 9.36 Å².